The minimum atomic E-state index is 0.356. The molecule has 4 aliphatic rings. The molecule has 1 saturated carbocycles. The third-order valence-corrected chi connectivity index (χ3v) is 7.11. The van der Waals surface area contributed by atoms with Gasteiger partial charge in [0.05, 0.1) is 0 Å². The molecular weight excluding hydrogens is 218 g/mol. The topological polar surface area (TPSA) is 3.24 Å². The zero-order valence-electron chi connectivity index (χ0n) is 11.9. The van der Waals surface area contributed by atoms with Crippen LogP contribution in [0.1, 0.15) is 46.0 Å². The SMILES string of the molecule is CN1C2(C)C3=CC=CCC3C1(C)C1CCCCC12. The van der Waals surface area contributed by atoms with Crippen LogP contribution in [0.5, 0.6) is 0 Å². The maximum atomic E-state index is 2.77. The van der Waals surface area contributed by atoms with Crippen molar-refractivity contribution < 1.29 is 0 Å². The van der Waals surface area contributed by atoms with E-state index in [1.54, 1.807) is 5.57 Å². The van der Waals surface area contributed by atoms with Crippen LogP contribution in [0.3, 0.4) is 0 Å². The maximum Gasteiger partial charge on any atom is 0.0433 e. The average Bonchev–Trinajstić information content (AvgIpc) is 2.71. The first kappa shape index (κ1) is 11.3. The summed E-state index contributed by atoms with van der Waals surface area (Å²) in [6, 6.07) is 0. The van der Waals surface area contributed by atoms with Crippen molar-refractivity contribution in [2.75, 3.05) is 7.05 Å². The van der Waals surface area contributed by atoms with Gasteiger partial charge in [-0.05, 0) is 57.6 Å². The number of fused-ring (bicyclic) bond motifs is 8. The van der Waals surface area contributed by atoms with Gasteiger partial charge < -0.3 is 0 Å². The van der Waals surface area contributed by atoms with Gasteiger partial charge in [-0.15, -0.1) is 0 Å². The van der Waals surface area contributed by atoms with Gasteiger partial charge in [-0.3, -0.25) is 4.90 Å². The first-order valence-corrected chi connectivity index (χ1v) is 7.72. The molecule has 2 heterocycles. The lowest BCUT2D eigenvalue weighted by molar-refractivity contribution is 0.0956. The molecule has 1 heteroatoms. The summed E-state index contributed by atoms with van der Waals surface area (Å²) >= 11 is 0. The van der Waals surface area contributed by atoms with Gasteiger partial charge in [0.1, 0.15) is 0 Å². The largest absolute Gasteiger partial charge is 0.291 e. The molecule has 1 nitrogen and oxygen atoms in total. The van der Waals surface area contributed by atoms with Gasteiger partial charge in [0.2, 0.25) is 0 Å². The lowest BCUT2D eigenvalue weighted by atomic mass is 9.55. The van der Waals surface area contributed by atoms with Gasteiger partial charge in [0, 0.05) is 17.0 Å². The van der Waals surface area contributed by atoms with Crippen LogP contribution in [-0.2, 0) is 0 Å². The second-order valence-corrected chi connectivity index (χ2v) is 7.27. The van der Waals surface area contributed by atoms with E-state index in [2.05, 4.69) is 44.0 Å². The van der Waals surface area contributed by atoms with E-state index < -0.39 is 0 Å². The number of hydrogen-bond acceptors (Lipinski definition) is 1. The Balaban J connectivity index is 1.91. The van der Waals surface area contributed by atoms with Crippen molar-refractivity contribution in [1.29, 1.82) is 0 Å². The van der Waals surface area contributed by atoms with Crippen LogP contribution >= 0.6 is 0 Å². The summed E-state index contributed by atoms with van der Waals surface area (Å²) in [6.45, 7) is 5.10. The van der Waals surface area contributed by atoms with Crippen molar-refractivity contribution in [2.45, 2.75) is 57.0 Å². The molecular formula is C17H25N. The first-order valence-electron chi connectivity index (χ1n) is 7.72. The maximum absolute atomic E-state index is 2.77. The van der Waals surface area contributed by atoms with Crippen molar-refractivity contribution in [3.8, 4) is 0 Å². The fraction of sp³-hybridized carbons (Fsp3) is 0.765. The summed E-state index contributed by atoms with van der Waals surface area (Å²) in [4.78, 5) is 2.77. The smallest absolute Gasteiger partial charge is 0.0433 e. The highest BCUT2D eigenvalue weighted by Crippen LogP contribution is 2.68. The minimum absolute atomic E-state index is 0.356. The third kappa shape index (κ3) is 0.976. The van der Waals surface area contributed by atoms with E-state index in [4.69, 9.17) is 0 Å². The van der Waals surface area contributed by atoms with Crippen LogP contribution in [-0.4, -0.2) is 23.0 Å². The first-order chi connectivity index (χ1) is 8.61. The molecule has 5 unspecified atom stereocenters. The molecule has 0 amide bonds. The average molecular weight is 243 g/mol. The van der Waals surface area contributed by atoms with E-state index in [1.807, 2.05) is 0 Å². The molecule has 3 fully saturated rings. The van der Waals surface area contributed by atoms with Crippen molar-refractivity contribution in [1.82, 2.24) is 4.90 Å². The standard InChI is InChI=1S/C17H25N/c1-16-12-8-4-6-10-14(12)17(2,18(16)3)15-11-7-5-9-13(15)16/h4,6,8,13-15H,5,7,9-11H2,1-3H3. The monoisotopic (exact) mass is 243 g/mol. The van der Waals surface area contributed by atoms with Crippen LogP contribution in [0.15, 0.2) is 23.8 Å². The zero-order chi connectivity index (χ0) is 12.5. The molecule has 2 bridgehead atoms. The minimum Gasteiger partial charge on any atom is -0.291 e. The quantitative estimate of drug-likeness (QED) is 0.626. The fourth-order valence-corrected chi connectivity index (χ4v) is 6.11. The predicted octanol–water partition coefficient (Wildman–Crippen LogP) is 3.77. The highest BCUT2D eigenvalue weighted by Gasteiger charge is 2.70. The van der Waals surface area contributed by atoms with Gasteiger partial charge >= 0.3 is 0 Å². The molecule has 2 saturated heterocycles. The Morgan fingerprint density at radius 3 is 2.67 bits per heavy atom. The van der Waals surface area contributed by atoms with Crippen LogP contribution in [0.25, 0.3) is 0 Å². The Hall–Kier alpha value is -0.560. The second kappa shape index (κ2) is 3.30. The van der Waals surface area contributed by atoms with Crippen molar-refractivity contribution in [3.63, 3.8) is 0 Å². The van der Waals surface area contributed by atoms with E-state index in [1.165, 1.54) is 32.1 Å². The zero-order valence-corrected chi connectivity index (χ0v) is 11.9. The summed E-state index contributed by atoms with van der Waals surface area (Å²) in [5.41, 5.74) is 2.53. The summed E-state index contributed by atoms with van der Waals surface area (Å²) in [5.74, 6) is 2.64. The molecule has 0 aromatic carbocycles. The molecule has 4 rings (SSSR count). The van der Waals surface area contributed by atoms with Gasteiger partial charge in [-0.25, -0.2) is 0 Å². The molecule has 98 valence electrons. The molecule has 0 N–H and O–H groups in total. The predicted molar refractivity (Wildman–Crippen MR) is 75.4 cm³/mol. The Morgan fingerprint density at radius 2 is 1.89 bits per heavy atom. The van der Waals surface area contributed by atoms with Crippen molar-refractivity contribution in [3.05, 3.63) is 23.8 Å². The summed E-state index contributed by atoms with van der Waals surface area (Å²) in [5, 5.41) is 0. The fourth-order valence-electron chi connectivity index (χ4n) is 6.11. The van der Waals surface area contributed by atoms with E-state index in [0.717, 1.165) is 17.8 Å². The number of nitrogens with zero attached hydrogens (tertiary/aromatic N) is 1. The van der Waals surface area contributed by atoms with E-state index in [0.29, 0.717) is 11.1 Å². The molecule has 0 spiro atoms. The lowest BCUT2D eigenvalue weighted by Crippen LogP contribution is -2.48. The van der Waals surface area contributed by atoms with Gasteiger partial charge in [0.15, 0.2) is 0 Å². The van der Waals surface area contributed by atoms with Gasteiger partial charge in [-0.1, -0.05) is 31.1 Å². The third-order valence-electron chi connectivity index (χ3n) is 7.11. The summed E-state index contributed by atoms with van der Waals surface area (Å²) in [6.07, 6.45) is 14.2. The molecule has 2 aliphatic carbocycles. The van der Waals surface area contributed by atoms with Gasteiger partial charge in [0.25, 0.3) is 0 Å². The van der Waals surface area contributed by atoms with Crippen LogP contribution in [0.2, 0.25) is 0 Å². The molecule has 2 aliphatic heterocycles. The van der Waals surface area contributed by atoms with E-state index in [9.17, 15) is 0 Å². The van der Waals surface area contributed by atoms with Crippen molar-refractivity contribution >= 4 is 0 Å². The number of likely N-dealkylation sites (N-methyl/N-ethyl adjacent to an activating group) is 1. The highest BCUT2D eigenvalue weighted by atomic mass is 15.3. The molecule has 5 atom stereocenters. The Labute approximate surface area is 111 Å². The summed E-state index contributed by atoms with van der Waals surface area (Å²) < 4.78 is 0. The normalized spacial score (nSPS) is 54.2. The van der Waals surface area contributed by atoms with Gasteiger partial charge in [-0.2, -0.15) is 0 Å². The highest BCUT2D eigenvalue weighted by molar-refractivity contribution is 5.44. The van der Waals surface area contributed by atoms with E-state index in [-0.39, 0.29) is 0 Å². The number of hydrogen-bond donors (Lipinski definition) is 0. The van der Waals surface area contributed by atoms with Crippen LogP contribution in [0.4, 0.5) is 0 Å². The van der Waals surface area contributed by atoms with E-state index >= 15 is 0 Å². The molecule has 0 radical (unpaired) electrons. The number of rotatable bonds is 0. The Bertz CT molecular complexity index is 449. The second-order valence-electron chi connectivity index (χ2n) is 7.27. The molecule has 18 heavy (non-hydrogen) atoms. The summed E-state index contributed by atoms with van der Waals surface area (Å²) in [7, 11) is 2.40. The lowest BCUT2D eigenvalue weighted by Gasteiger charge is -2.47. The van der Waals surface area contributed by atoms with Crippen LogP contribution < -0.4 is 0 Å². The van der Waals surface area contributed by atoms with Crippen molar-refractivity contribution in [2.24, 2.45) is 17.8 Å². The number of allylic oxidation sites excluding steroid dienone is 3. The van der Waals surface area contributed by atoms with Crippen LogP contribution in [0, 0.1) is 17.8 Å². The molecule has 0 aromatic heterocycles. The Morgan fingerprint density at radius 1 is 1.17 bits per heavy atom. The Kier molecular flexibility index (Phi) is 2.07. The molecule has 0 aromatic rings.